The molecule has 1 aromatic carbocycles. The standard InChI is InChI=1S/C10H16NO4P/c1-14-16(13,15-2)11-8-10(12)9-6-4-3-5-7-9/h3-7,10,12H,8H2,1-2H3,(H,11,13). The van der Waals surface area contributed by atoms with E-state index in [9.17, 15) is 9.67 Å². The first-order chi connectivity index (χ1) is 7.61. The van der Waals surface area contributed by atoms with E-state index in [1.165, 1.54) is 14.2 Å². The fraction of sp³-hybridized carbons (Fsp3) is 0.400. The summed E-state index contributed by atoms with van der Waals surface area (Å²) in [4.78, 5) is 0. The summed E-state index contributed by atoms with van der Waals surface area (Å²) in [6.45, 7) is 0.100. The zero-order valence-electron chi connectivity index (χ0n) is 9.29. The van der Waals surface area contributed by atoms with Crippen LogP contribution >= 0.6 is 7.75 Å². The second-order valence-electron chi connectivity index (χ2n) is 3.15. The molecule has 5 nitrogen and oxygen atoms in total. The molecule has 90 valence electrons. The average Bonchev–Trinajstić information content (AvgIpc) is 2.36. The maximum atomic E-state index is 11.6. The Hall–Kier alpha value is -0.710. The van der Waals surface area contributed by atoms with Gasteiger partial charge in [0.2, 0.25) is 0 Å². The van der Waals surface area contributed by atoms with Crippen LogP contribution in [0.1, 0.15) is 11.7 Å². The highest BCUT2D eigenvalue weighted by molar-refractivity contribution is 7.51. The van der Waals surface area contributed by atoms with E-state index in [-0.39, 0.29) is 6.54 Å². The predicted octanol–water partition coefficient (Wildman–Crippen LogP) is 1.71. The molecule has 0 spiro atoms. The lowest BCUT2D eigenvalue weighted by atomic mass is 10.1. The summed E-state index contributed by atoms with van der Waals surface area (Å²) >= 11 is 0. The van der Waals surface area contributed by atoms with E-state index in [2.05, 4.69) is 14.1 Å². The molecule has 0 saturated heterocycles. The molecule has 0 aromatic heterocycles. The van der Waals surface area contributed by atoms with Crippen LogP contribution in [-0.4, -0.2) is 25.9 Å². The smallest absolute Gasteiger partial charge is 0.387 e. The van der Waals surface area contributed by atoms with Gasteiger partial charge in [0.25, 0.3) is 0 Å². The lowest BCUT2D eigenvalue weighted by Crippen LogP contribution is -2.20. The molecular formula is C10H16NO4P. The minimum absolute atomic E-state index is 0.100. The van der Waals surface area contributed by atoms with Crippen LogP contribution in [0, 0.1) is 0 Å². The lowest BCUT2D eigenvalue weighted by molar-refractivity contribution is 0.174. The second-order valence-corrected chi connectivity index (χ2v) is 5.19. The second kappa shape index (κ2) is 6.13. The van der Waals surface area contributed by atoms with Crippen LogP contribution < -0.4 is 5.09 Å². The van der Waals surface area contributed by atoms with Gasteiger partial charge >= 0.3 is 7.75 Å². The Labute approximate surface area is 95.0 Å². The number of hydrogen-bond donors (Lipinski definition) is 2. The van der Waals surface area contributed by atoms with Crippen molar-refractivity contribution in [3.8, 4) is 0 Å². The van der Waals surface area contributed by atoms with Gasteiger partial charge in [0.1, 0.15) is 0 Å². The van der Waals surface area contributed by atoms with Crippen molar-refractivity contribution in [3.63, 3.8) is 0 Å². The first-order valence-corrected chi connectivity index (χ1v) is 6.35. The molecule has 1 rings (SSSR count). The molecule has 2 N–H and O–H groups in total. The summed E-state index contributed by atoms with van der Waals surface area (Å²) in [6.07, 6.45) is -0.750. The highest BCUT2D eigenvalue weighted by Gasteiger charge is 2.21. The molecule has 6 heteroatoms. The van der Waals surface area contributed by atoms with Crippen molar-refractivity contribution in [2.75, 3.05) is 20.8 Å². The largest absolute Gasteiger partial charge is 0.405 e. The van der Waals surface area contributed by atoms with Gasteiger partial charge in [-0.1, -0.05) is 30.3 Å². The van der Waals surface area contributed by atoms with Crippen molar-refractivity contribution in [2.45, 2.75) is 6.10 Å². The van der Waals surface area contributed by atoms with Gasteiger partial charge in [-0.05, 0) is 5.56 Å². The van der Waals surface area contributed by atoms with Crippen molar-refractivity contribution in [1.29, 1.82) is 0 Å². The van der Waals surface area contributed by atoms with Gasteiger partial charge in [0.15, 0.2) is 0 Å². The van der Waals surface area contributed by atoms with Crippen LogP contribution in [0.25, 0.3) is 0 Å². The van der Waals surface area contributed by atoms with Gasteiger partial charge in [-0.2, -0.15) is 0 Å². The van der Waals surface area contributed by atoms with E-state index in [0.29, 0.717) is 0 Å². The van der Waals surface area contributed by atoms with Crippen LogP contribution in [0.15, 0.2) is 30.3 Å². The van der Waals surface area contributed by atoms with Crippen LogP contribution in [-0.2, 0) is 13.6 Å². The van der Waals surface area contributed by atoms with E-state index in [0.717, 1.165) is 5.56 Å². The van der Waals surface area contributed by atoms with E-state index >= 15 is 0 Å². The maximum Gasteiger partial charge on any atom is 0.405 e. The molecule has 0 fully saturated rings. The summed E-state index contributed by atoms with van der Waals surface area (Å²) in [7, 11) is -0.698. The van der Waals surface area contributed by atoms with Crippen LogP contribution in [0.3, 0.4) is 0 Å². The van der Waals surface area contributed by atoms with Gasteiger partial charge in [-0.25, -0.2) is 9.65 Å². The first-order valence-electron chi connectivity index (χ1n) is 4.81. The normalized spacial score (nSPS) is 13.7. The summed E-state index contributed by atoms with van der Waals surface area (Å²) in [6, 6.07) is 9.09. The number of rotatable bonds is 6. The van der Waals surface area contributed by atoms with Crippen molar-refractivity contribution in [2.24, 2.45) is 0 Å². The molecule has 0 aliphatic rings. The summed E-state index contributed by atoms with van der Waals surface area (Å²) in [5.41, 5.74) is 0.744. The molecule has 0 aliphatic heterocycles. The van der Waals surface area contributed by atoms with Gasteiger partial charge in [0, 0.05) is 20.8 Å². The van der Waals surface area contributed by atoms with E-state index in [4.69, 9.17) is 0 Å². The molecule has 0 bridgehead atoms. The fourth-order valence-corrected chi connectivity index (χ4v) is 2.00. The molecule has 1 aromatic rings. The van der Waals surface area contributed by atoms with E-state index in [1.54, 1.807) is 12.1 Å². The molecule has 1 atom stereocenters. The molecule has 0 amide bonds. The third-order valence-corrected chi connectivity index (χ3v) is 3.67. The van der Waals surface area contributed by atoms with Crippen molar-refractivity contribution in [3.05, 3.63) is 35.9 Å². The van der Waals surface area contributed by atoms with Crippen molar-refractivity contribution < 1.29 is 18.7 Å². The third-order valence-electron chi connectivity index (χ3n) is 2.14. The van der Waals surface area contributed by atoms with Crippen molar-refractivity contribution in [1.82, 2.24) is 5.09 Å². The van der Waals surface area contributed by atoms with Crippen LogP contribution in [0.5, 0.6) is 0 Å². The Bertz CT molecular complexity index is 349. The quantitative estimate of drug-likeness (QED) is 0.747. The van der Waals surface area contributed by atoms with Crippen LogP contribution in [0.2, 0.25) is 0 Å². The first kappa shape index (κ1) is 13.4. The van der Waals surface area contributed by atoms with Gasteiger partial charge in [0.05, 0.1) is 6.10 Å². The Morgan fingerprint density at radius 1 is 1.31 bits per heavy atom. The number of hydrogen-bond acceptors (Lipinski definition) is 4. The molecule has 16 heavy (non-hydrogen) atoms. The van der Waals surface area contributed by atoms with Crippen LogP contribution in [0.4, 0.5) is 0 Å². The number of aliphatic hydroxyl groups is 1. The number of aliphatic hydroxyl groups excluding tert-OH is 1. The zero-order valence-corrected chi connectivity index (χ0v) is 10.2. The number of benzene rings is 1. The summed E-state index contributed by atoms with van der Waals surface area (Å²) < 4.78 is 21.0. The summed E-state index contributed by atoms with van der Waals surface area (Å²) in [5.74, 6) is 0. The molecule has 0 saturated carbocycles. The molecular weight excluding hydrogens is 229 g/mol. The van der Waals surface area contributed by atoms with E-state index in [1.807, 2.05) is 18.2 Å². The lowest BCUT2D eigenvalue weighted by Gasteiger charge is -2.17. The molecule has 0 heterocycles. The number of nitrogens with one attached hydrogen (secondary N) is 1. The summed E-state index contributed by atoms with van der Waals surface area (Å²) in [5, 5.41) is 12.3. The SMILES string of the molecule is COP(=O)(NCC(O)c1ccccc1)OC. The fourth-order valence-electron chi connectivity index (χ4n) is 1.19. The Balaban J connectivity index is 2.53. The molecule has 0 radical (unpaired) electrons. The monoisotopic (exact) mass is 245 g/mol. The van der Waals surface area contributed by atoms with Gasteiger partial charge in [-0.15, -0.1) is 0 Å². The topological polar surface area (TPSA) is 67.8 Å². The predicted molar refractivity (Wildman–Crippen MR) is 61.0 cm³/mol. The highest BCUT2D eigenvalue weighted by atomic mass is 31.2. The van der Waals surface area contributed by atoms with E-state index < -0.39 is 13.9 Å². The Morgan fingerprint density at radius 3 is 2.38 bits per heavy atom. The Kier molecular flexibility index (Phi) is 5.12. The minimum Gasteiger partial charge on any atom is -0.387 e. The third kappa shape index (κ3) is 3.70. The van der Waals surface area contributed by atoms with Gasteiger partial charge in [-0.3, -0.25) is 0 Å². The minimum atomic E-state index is -3.27. The molecule has 1 unspecified atom stereocenters. The maximum absolute atomic E-state index is 11.6. The van der Waals surface area contributed by atoms with Gasteiger partial charge < -0.3 is 14.2 Å². The zero-order chi connectivity index (χ0) is 12.0. The highest BCUT2D eigenvalue weighted by Crippen LogP contribution is 2.41. The average molecular weight is 245 g/mol. The Morgan fingerprint density at radius 2 is 1.88 bits per heavy atom. The van der Waals surface area contributed by atoms with Crippen molar-refractivity contribution >= 4 is 7.75 Å². The molecule has 0 aliphatic carbocycles.